The van der Waals surface area contributed by atoms with Crippen LogP contribution in [0.3, 0.4) is 0 Å². The number of anilines is 3. The van der Waals surface area contributed by atoms with Gasteiger partial charge in [-0.3, -0.25) is 4.98 Å². The van der Waals surface area contributed by atoms with Crippen molar-refractivity contribution in [3.8, 4) is 0 Å². The van der Waals surface area contributed by atoms with Crippen molar-refractivity contribution in [2.75, 3.05) is 23.3 Å². The molecule has 1 aromatic heterocycles. The summed E-state index contributed by atoms with van der Waals surface area (Å²) in [6.45, 7) is 6.05. The minimum Gasteiger partial charge on any atom is -0.369 e. The lowest BCUT2D eigenvalue weighted by Gasteiger charge is -2.23. The second kappa shape index (κ2) is 7.48. The molecule has 0 aliphatic carbocycles. The summed E-state index contributed by atoms with van der Waals surface area (Å²) in [6.07, 6.45) is 5.87. The Morgan fingerprint density at radius 1 is 1.10 bits per heavy atom. The highest BCUT2D eigenvalue weighted by molar-refractivity contribution is 5.60. The maximum absolute atomic E-state index is 4.64. The van der Waals surface area contributed by atoms with E-state index in [0.29, 0.717) is 0 Å². The summed E-state index contributed by atoms with van der Waals surface area (Å²) in [5.41, 5.74) is 1.16. The third-order valence-corrected chi connectivity index (χ3v) is 3.06. The fourth-order valence-corrected chi connectivity index (χ4v) is 2.05. The van der Waals surface area contributed by atoms with Crippen molar-refractivity contribution < 1.29 is 0 Å². The van der Waals surface area contributed by atoms with E-state index in [9.17, 15) is 0 Å². The minimum atomic E-state index is 0.822. The van der Waals surface area contributed by atoms with Gasteiger partial charge >= 0.3 is 0 Å². The molecule has 2 rings (SSSR count). The largest absolute Gasteiger partial charge is 0.369 e. The zero-order valence-electron chi connectivity index (χ0n) is 12.2. The van der Waals surface area contributed by atoms with Crippen LogP contribution in [0.2, 0.25) is 0 Å². The van der Waals surface area contributed by atoms with Gasteiger partial charge in [0.05, 0.1) is 12.4 Å². The summed E-state index contributed by atoms with van der Waals surface area (Å²) in [7, 11) is 0. The van der Waals surface area contributed by atoms with Gasteiger partial charge in [0, 0.05) is 18.8 Å². The van der Waals surface area contributed by atoms with E-state index < -0.39 is 0 Å². The monoisotopic (exact) mass is 270 g/mol. The molecule has 20 heavy (non-hydrogen) atoms. The maximum atomic E-state index is 4.64. The summed E-state index contributed by atoms with van der Waals surface area (Å²) in [5.74, 6) is 1.71. The van der Waals surface area contributed by atoms with E-state index in [2.05, 4.69) is 58.3 Å². The molecule has 0 radical (unpaired) electrons. The lowest BCUT2D eigenvalue weighted by Crippen LogP contribution is -2.20. The molecule has 0 saturated carbocycles. The predicted octanol–water partition coefficient (Wildman–Crippen LogP) is 3.85. The van der Waals surface area contributed by atoms with Crippen molar-refractivity contribution in [1.82, 2.24) is 9.97 Å². The molecular weight excluding hydrogens is 248 g/mol. The number of para-hydroxylation sites is 1. The highest BCUT2D eigenvalue weighted by atomic mass is 15.2. The third kappa shape index (κ3) is 3.70. The maximum Gasteiger partial charge on any atom is 0.153 e. The summed E-state index contributed by atoms with van der Waals surface area (Å²) >= 11 is 0. The number of benzene rings is 1. The Kier molecular flexibility index (Phi) is 5.35. The first kappa shape index (κ1) is 14.3. The molecule has 1 heterocycles. The fourth-order valence-electron chi connectivity index (χ4n) is 2.05. The van der Waals surface area contributed by atoms with Crippen molar-refractivity contribution in [3.05, 3.63) is 42.7 Å². The van der Waals surface area contributed by atoms with Crippen molar-refractivity contribution in [3.63, 3.8) is 0 Å². The first-order valence-corrected chi connectivity index (χ1v) is 7.23. The van der Waals surface area contributed by atoms with Gasteiger partial charge in [0.2, 0.25) is 0 Å². The number of unbranched alkanes of at least 4 members (excludes halogenated alkanes) is 1. The zero-order valence-corrected chi connectivity index (χ0v) is 12.2. The number of nitrogens with one attached hydrogen (secondary N) is 1. The number of hydrogen-bond donors (Lipinski definition) is 1. The Bertz CT molecular complexity index is 513. The molecule has 1 aromatic carbocycles. The molecule has 4 heteroatoms. The van der Waals surface area contributed by atoms with Crippen LogP contribution in [0.15, 0.2) is 42.7 Å². The minimum absolute atomic E-state index is 0.822. The van der Waals surface area contributed by atoms with E-state index >= 15 is 0 Å². The van der Waals surface area contributed by atoms with Crippen LogP contribution in [0.1, 0.15) is 26.7 Å². The van der Waals surface area contributed by atoms with Crippen LogP contribution in [0.4, 0.5) is 17.3 Å². The Morgan fingerprint density at radius 3 is 2.60 bits per heavy atom. The van der Waals surface area contributed by atoms with E-state index in [-0.39, 0.29) is 0 Å². The van der Waals surface area contributed by atoms with Gasteiger partial charge in [0.1, 0.15) is 5.82 Å². The molecule has 0 fully saturated rings. The van der Waals surface area contributed by atoms with Gasteiger partial charge in [0.15, 0.2) is 5.82 Å². The van der Waals surface area contributed by atoms with E-state index in [1.807, 2.05) is 12.3 Å². The van der Waals surface area contributed by atoms with Gasteiger partial charge in [-0.1, -0.05) is 31.5 Å². The van der Waals surface area contributed by atoms with E-state index in [4.69, 9.17) is 0 Å². The SMILES string of the molecule is CCCCN(c1ccccc1)c1cncc(NCC)n1. The van der Waals surface area contributed by atoms with Crippen molar-refractivity contribution in [1.29, 1.82) is 0 Å². The Balaban J connectivity index is 2.28. The van der Waals surface area contributed by atoms with Gasteiger partial charge < -0.3 is 10.2 Å². The Labute approximate surface area is 120 Å². The molecule has 0 aliphatic heterocycles. The van der Waals surface area contributed by atoms with Crippen LogP contribution >= 0.6 is 0 Å². The predicted molar refractivity (Wildman–Crippen MR) is 84.6 cm³/mol. The van der Waals surface area contributed by atoms with Crippen LogP contribution in [0.5, 0.6) is 0 Å². The van der Waals surface area contributed by atoms with E-state index in [0.717, 1.165) is 43.3 Å². The molecule has 2 aromatic rings. The van der Waals surface area contributed by atoms with Gasteiger partial charge in [-0.15, -0.1) is 0 Å². The van der Waals surface area contributed by atoms with E-state index in [1.54, 1.807) is 6.20 Å². The molecule has 4 nitrogen and oxygen atoms in total. The second-order valence-corrected chi connectivity index (χ2v) is 4.63. The smallest absolute Gasteiger partial charge is 0.153 e. The second-order valence-electron chi connectivity index (χ2n) is 4.63. The molecular formula is C16H22N4. The number of nitrogens with zero attached hydrogens (tertiary/aromatic N) is 3. The zero-order chi connectivity index (χ0) is 14.2. The average molecular weight is 270 g/mol. The lowest BCUT2D eigenvalue weighted by molar-refractivity contribution is 0.778. The molecule has 106 valence electrons. The number of rotatable bonds is 7. The van der Waals surface area contributed by atoms with Crippen LogP contribution < -0.4 is 10.2 Å². The molecule has 0 unspecified atom stereocenters. The Morgan fingerprint density at radius 2 is 1.90 bits per heavy atom. The Hall–Kier alpha value is -2.10. The molecule has 0 spiro atoms. The van der Waals surface area contributed by atoms with Crippen LogP contribution in [0.25, 0.3) is 0 Å². The standard InChI is InChI=1S/C16H22N4/c1-3-5-11-20(14-9-7-6-8-10-14)16-13-17-12-15(19-16)18-4-2/h6-10,12-13H,3-5,11H2,1-2H3,(H,18,19). The highest BCUT2D eigenvalue weighted by Gasteiger charge is 2.10. The summed E-state index contributed by atoms with van der Waals surface area (Å²) in [6, 6.07) is 10.3. The normalized spacial score (nSPS) is 10.3. The van der Waals surface area contributed by atoms with Gasteiger partial charge in [0.25, 0.3) is 0 Å². The molecule has 0 amide bonds. The van der Waals surface area contributed by atoms with Crippen molar-refractivity contribution >= 4 is 17.3 Å². The van der Waals surface area contributed by atoms with Crippen LogP contribution in [-0.4, -0.2) is 23.1 Å². The van der Waals surface area contributed by atoms with Crippen LogP contribution in [0, 0.1) is 0 Å². The van der Waals surface area contributed by atoms with Crippen molar-refractivity contribution in [2.45, 2.75) is 26.7 Å². The number of aromatic nitrogens is 2. The van der Waals surface area contributed by atoms with Crippen LogP contribution in [-0.2, 0) is 0 Å². The summed E-state index contributed by atoms with van der Waals surface area (Å²) in [5, 5.41) is 3.21. The molecule has 0 saturated heterocycles. The average Bonchev–Trinajstić information content (AvgIpc) is 2.50. The topological polar surface area (TPSA) is 41.1 Å². The summed E-state index contributed by atoms with van der Waals surface area (Å²) < 4.78 is 0. The highest BCUT2D eigenvalue weighted by Crippen LogP contribution is 2.24. The fraction of sp³-hybridized carbons (Fsp3) is 0.375. The molecule has 0 bridgehead atoms. The first-order valence-electron chi connectivity index (χ1n) is 7.23. The molecule has 1 N–H and O–H groups in total. The van der Waals surface area contributed by atoms with Gasteiger partial charge in [-0.2, -0.15) is 0 Å². The quantitative estimate of drug-likeness (QED) is 0.829. The third-order valence-electron chi connectivity index (χ3n) is 3.06. The molecule has 0 atom stereocenters. The molecule has 0 aliphatic rings. The van der Waals surface area contributed by atoms with Crippen molar-refractivity contribution in [2.24, 2.45) is 0 Å². The van der Waals surface area contributed by atoms with Gasteiger partial charge in [-0.25, -0.2) is 4.98 Å². The number of hydrogen-bond acceptors (Lipinski definition) is 4. The summed E-state index contributed by atoms with van der Waals surface area (Å²) in [4.78, 5) is 11.2. The van der Waals surface area contributed by atoms with E-state index in [1.165, 1.54) is 0 Å². The lowest BCUT2D eigenvalue weighted by atomic mass is 10.2. The van der Waals surface area contributed by atoms with Gasteiger partial charge in [-0.05, 0) is 25.5 Å². The first-order chi connectivity index (χ1) is 9.85.